The lowest BCUT2D eigenvalue weighted by molar-refractivity contribution is 0.0501. The van der Waals surface area contributed by atoms with Crippen LogP contribution in [0.2, 0.25) is 0 Å². The zero-order valence-corrected chi connectivity index (χ0v) is 13.9. The fourth-order valence-corrected chi connectivity index (χ4v) is 3.57. The second kappa shape index (κ2) is 7.92. The summed E-state index contributed by atoms with van der Waals surface area (Å²) < 4.78 is 5.81. The zero-order valence-electron chi connectivity index (χ0n) is 13.9. The average Bonchev–Trinajstić information content (AvgIpc) is 2.97. The highest BCUT2D eigenvalue weighted by atomic mass is 16.5. The van der Waals surface area contributed by atoms with Crippen molar-refractivity contribution in [3.8, 4) is 0 Å². The monoisotopic (exact) mass is 290 g/mol. The number of hydrogen-bond donors (Lipinski definition) is 1. The van der Waals surface area contributed by atoms with Crippen LogP contribution in [0.4, 0.5) is 0 Å². The molecule has 0 bridgehead atoms. The molecule has 1 fully saturated rings. The molecule has 3 heteroatoms. The maximum atomic E-state index is 5.81. The van der Waals surface area contributed by atoms with E-state index in [9.17, 15) is 0 Å². The van der Waals surface area contributed by atoms with Crippen LogP contribution in [0.5, 0.6) is 0 Å². The summed E-state index contributed by atoms with van der Waals surface area (Å²) in [6, 6.07) is 11.6. The van der Waals surface area contributed by atoms with Gasteiger partial charge in [-0.1, -0.05) is 44.2 Å². The minimum absolute atomic E-state index is 0.345. The molecule has 1 aliphatic heterocycles. The molecular formula is C18H30N2O. The number of hydrogen-bond acceptors (Lipinski definition) is 3. The molecule has 1 saturated heterocycles. The summed E-state index contributed by atoms with van der Waals surface area (Å²) in [7, 11) is 4.30. The molecule has 0 spiro atoms. The van der Waals surface area contributed by atoms with Gasteiger partial charge in [0, 0.05) is 25.2 Å². The van der Waals surface area contributed by atoms with Crippen molar-refractivity contribution in [2.45, 2.75) is 44.9 Å². The van der Waals surface area contributed by atoms with Crippen molar-refractivity contribution >= 4 is 0 Å². The Bertz CT molecular complexity index is 401. The number of nitrogens with zero attached hydrogens (tertiary/aromatic N) is 1. The van der Waals surface area contributed by atoms with Gasteiger partial charge in [0.1, 0.15) is 0 Å². The van der Waals surface area contributed by atoms with Crippen molar-refractivity contribution in [3.63, 3.8) is 0 Å². The average molecular weight is 290 g/mol. The van der Waals surface area contributed by atoms with Crippen molar-refractivity contribution in [1.29, 1.82) is 0 Å². The molecule has 3 nitrogen and oxygen atoms in total. The lowest BCUT2D eigenvalue weighted by atomic mass is 9.89. The number of nitrogens with one attached hydrogen (secondary N) is 1. The van der Waals surface area contributed by atoms with Crippen LogP contribution in [0.1, 0.15) is 38.3 Å². The smallest absolute Gasteiger partial charge is 0.0702 e. The Kier molecular flexibility index (Phi) is 6.22. The summed E-state index contributed by atoms with van der Waals surface area (Å²) in [6.07, 6.45) is 2.81. The van der Waals surface area contributed by atoms with E-state index >= 15 is 0 Å². The molecule has 1 aromatic carbocycles. The van der Waals surface area contributed by atoms with E-state index in [1.54, 1.807) is 0 Å². The first-order valence-electron chi connectivity index (χ1n) is 8.17. The third-order valence-corrected chi connectivity index (χ3v) is 4.52. The maximum Gasteiger partial charge on any atom is 0.0702 e. The molecule has 0 amide bonds. The first-order chi connectivity index (χ1) is 10.1. The van der Waals surface area contributed by atoms with E-state index in [1.807, 2.05) is 0 Å². The molecule has 1 heterocycles. The molecule has 21 heavy (non-hydrogen) atoms. The number of ether oxygens (including phenoxy) is 1. The first-order valence-corrected chi connectivity index (χ1v) is 8.17. The molecule has 1 N–H and O–H groups in total. The first kappa shape index (κ1) is 16.5. The number of rotatable bonds is 7. The van der Waals surface area contributed by atoms with Gasteiger partial charge >= 0.3 is 0 Å². The van der Waals surface area contributed by atoms with E-state index in [4.69, 9.17) is 4.74 Å². The van der Waals surface area contributed by atoms with Crippen molar-refractivity contribution < 1.29 is 4.74 Å². The van der Waals surface area contributed by atoms with Gasteiger partial charge in [0.05, 0.1) is 6.10 Å². The van der Waals surface area contributed by atoms with Crippen LogP contribution in [0.15, 0.2) is 30.3 Å². The standard InChI is InChI=1S/C18H30N2O/c1-14(2)18(20(4)13-16-11-8-12-21-16)17(19-3)15-9-6-5-7-10-15/h5-7,9-10,14,16-19H,8,11-13H2,1-4H3. The van der Waals surface area contributed by atoms with Crippen LogP contribution in [-0.4, -0.2) is 44.3 Å². The molecule has 0 aromatic heterocycles. The van der Waals surface area contributed by atoms with Crippen LogP contribution < -0.4 is 5.32 Å². The fourth-order valence-electron chi connectivity index (χ4n) is 3.57. The van der Waals surface area contributed by atoms with Crippen LogP contribution in [0.25, 0.3) is 0 Å². The SMILES string of the molecule is CNC(c1ccccc1)C(C(C)C)N(C)CC1CCCO1. The summed E-state index contributed by atoms with van der Waals surface area (Å²) >= 11 is 0. The Morgan fingerprint density at radius 3 is 2.52 bits per heavy atom. The van der Waals surface area contributed by atoms with Gasteiger partial charge in [0.15, 0.2) is 0 Å². The molecule has 3 unspecified atom stereocenters. The second-order valence-corrected chi connectivity index (χ2v) is 6.49. The molecule has 1 aromatic rings. The molecule has 2 rings (SSSR count). The van der Waals surface area contributed by atoms with Gasteiger partial charge in [0.2, 0.25) is 0 Å². The summed E-state index contributed by atoms with van der Waals surface area (Å²) in [6.45, 7) is 6.57. The van der Waals surface area contributed by atoms with E-state index in [1.165, 1.54) is 18.4 Å². The summed E-state index contributed by atoms with van der Waals surface area (Å²) in [5.41, 5.74) is 1.36. The lowest BCUT2D eigenvalue weighted by Gasteiger charge is -2.38. The highest BCUT2D eigenvalue weighted by Gasteiger charge is 2.30. The minimum Gasteiger partial charge on any atom is -0.377 e. The van der Waals surface area contributed by atoms with Crippen molar-refractivity contribution in [2.24, 2.45) is 5.92 Å². The Labute approximate surface area is 129 Å². The normalized spacial score (nSPS) is 21.9. The Morgan fingerprint density at radius 2 is 2.00 bits per heavy atom. The Morgan fingerprint density at radius 1 is 1.29 bits per heavy atom. The van der Waals surface area contributed by atoms with Crippen LogP contribution in [0, 0.1) is 5.92 Å². The second-order valence-electron chi connectivity index (χ2n) is 6.49. The number of likely N-dealkylation sites (N-methyl/N-ethyl adjacent to an activating group) is 2. The predicted octanol–water partition coefficient (Wildman–Crippen LogP) is 3.08. The Balaban J connectivity index is 2.11. The van der Waals surface area contributed by atoms with E-state index in [2.05, 4.69) is 68.5 Å². The molecule has 3 atom stereocenters. The van der Waals surface area contributed by atoms with E-state index in [0.29, 0.717) is 24.1 Å². The molecule has 1 aliphatic rings. The largest absolute Gasteiger partial charge is 0.377 e. The predicted molar refractivity (Wildman–Crippen MR) is 88.5 cm³/mol. The van der Waals surface area contributed by atoms with Crippen LogP contribution in [-0.2, 0) is 4.74 Å². The molecule has 118 valence electrons. The molecular weight excluding hydrogens is 260 g/mol. The topological polar surface area (TPSA) is 24.5 Å². The third kappa shape index (κ3) is 4.29. The molecule has 0 radical (unpaired) electrons. The minimum atomic E-state index is 0.345. The Hall–Kier alpha value is -0.900. The third-order valence-electron chi connectivity index (χ3n) is 4.52. The van der Waals surface area contributed by atoms with Crippen molar-refractivity contribution in [3.05, 3.63) is 35.9 Å². The summed E-state index contributed by atoms with van der Waals surface area (Å²) in [4.78, 5) is 2.48. The van der Waals surface area contributed by atoms with E-state index in [-0.39, 0.29) is 0 Å². The van der Waals surface area contributed by atoms with Gasteiger partial charge in [0.25, 0.3) is 0 Å². The quantitative estimate of drug-likeness (QED) is 0.835. The maximum absolute atomic E-state index is 5.81. The van der Waals surface area contributed by atoms with E-state index in [0.717, 1.165) is 13.2 Å². The van der Waals surface area contributed by atoms with Crippen molar-refractivity contribution in [2.75, 3.05) is 27.2 Å². The van der Waals surface area contributed by atoms with Gasteiger partial charge in [-0.05, 0) is 38.4 Å². The van der Waals surface area contributed by atoms with Gasteiger partial charge in [-0.25, -0.2) is 0 Å². The van der Waals surface area contributed by atoms with Crippen LogP contribution >= 0.6 is 0 Å². The number of benzene rings is 1. The summed E-state index contributed by atoms with van der Waals surface area (Å²) in [5, 5.41) is 3.52. The molecule has 0 saturated carbocycles. The lowest BCUT2D eigenvalue weighted by Crippen LogP contribution is -2.47. The van der Waals surface area contributed by atoms with Gasteiger partial charge in [-0.3, -0.25) is 4.90 Å². The zero-order chi connectivity index (χ0) is 15.2. The van der Waals surface area contributed by atoms with Crippen molar-refractivity contribution in [1.82, 2.24) is 10.2 Å². The van der Waals surface area contributed by atoms with Gasteiger partial charge in [-0.2, -0.15) is 0 Å². The fraction of sp³-hybridized carbons (Fsp3) is 0.667. The molecule has 0 aliphatic carbocycles. The highest BCUT2D eigenvalue weighted by Crippen LogP contribution is 2.27. The van der Waals surface area contributed by atoms with E-state index < -0.39 is 0 Å². The van der Waals surface area contributed by atoms with Gasteiger partial charge < -0.3 is 10.1 Å². The highest BCUT2D eigenvalue weighted by molar-refractivity contribution is 5.21. The van der Waals surface area contributed by atoms with Gasteiger partial charge in [-0.15, -0.1) is 0 Å². The summed E-state index contributed by atoms with van der Waals surface area (Å²) in [5.74, 6) is 0.578. The van der Waals surface area contributed by atoms with Crippen LogP contribution in [0.3, 0.4) is 0 Å².